The maximum absolute atomic E-state index is 12.2. The lowest BCUT2D eigenvalue weighted by Crippen LogP contribution is -2.26. The van der Waals surface area contributed by atoms with E-state index in [-0.39, 0.29) is 17.5 Å². The van der Waals surface area contributed by atoms with Crippen LogP contribution < -0.4 is 14.8 Å². The van der Waals surface area contributed by atoms with Crippen molar-refractivity contribution < 1.29 is 14.3 Å². The highest BCUT2D eigenvalue weighted by atomic mass is 16.5. The quantitative estimate of drug-likeness (QED) is 0.417. The van der Waals surface area contributed by atoms with E-state index in [1.807, 2.05) is 43.3 Å². The van der Waals surface area contributed by atoms with Crippen LogP contribution in [0.3, 0.4) is 0 Å². The Morgan fingerprint density at radius 1 is 1.10 bits per heavy atom. The van der Waals surface area contributed by atoms with Crippen LogP contribution in [-0.4, -0.2) is 18.6 Å². The van der Waals surface area contributed by atoms with Gasteiger partial charge in [-0.15, -0.1) is 0 Å². The second kappa shape index (κ2) is 9.36. The number of nitrogens with zero attached hydrogens (tertiary/aromatic N) is 1. The van der Waals surface area contributed by atoms with Gasteiger partial charge >= 0.3 is 0 Å². The Labute approximate surface area is 181 Å². The second-order valence-corrected chi connectivity index (χ2v) is 7.48. The number of hydrogen-bond donors (Lipinski definition) is 1. The topological polar surface area (TPSA) is 71.3 Å². The first-order chi connectivity index (χ1) is 15.2. The van der Waals surface area contributed by atoms with E-state index in [2.05, 4.69) is 29.6 Å². The van der Waals surface area contributed by atoms with Crippen LogP contribution in [-0.2, 0) is 11.4 Å². The van der Waals surface area contributed by atoms with Crippen LogP contribution in [0.5, 0.6) is 11.5 Å². The molecule has 0 saturated heterocycles. The number of carbonyl (C=O) groups excluding carboxylic acids is 1. The minimum Gasteiger partial charge on any atom is -0.490 e. The molecule has 5 heteroatoms. The molecule has 0 radical (unpaired) electrons. The number of benzene rings is 3. The van der Waals surface area contributed by atoms with E-state index < -0.39 is 0 Å². The third kappa shape index (κ3) is 5.04. The maximum atomic E-state index is 12.2. The van der Waals surface area contributed by atoms with Crippen LogP contribution in [0.15, 0.2) is 66.2 Å². The van der Waals surface area contributed by atoms with Crippen LogP contribution in [0.1, 0.15) is 30.9 Å². The molecule has 1 N–H and O–H groups in total. The molecule has 3 aromatic carbocycles. The molecule has 0 unspecified atom stereocenters. The van der Waals surface area contributed by atoms with Crippen LogP contribution in [0.25, 0.3) is 16.8 Å². The summed E-state index contributed by atoms with van der Waals surface area (Å²) in [6.45, 7) is 2.79. The molecule has 0 heterocycles. The van der Waals surface area contributed by atoms with Gasteiger partial charge in [0.25, 0.3) is 5.91 Å². The first-order valence-corrected chi connectivity index (χ1v) is 10.5. The molecule has 0 spiro atoms. The molecule has 1 saturated carbocycles. The van der Waals surface area contributed by atoms with Gasteiger partial charge in [-0.3, -0.25) is 4.79 Å². The smallest absolute Gasteiger partial charge is 0.262 e. The Hall–Kier alpha value is -3.78. The fourth-order valence-corrected chi connectivity index (χ4v) is 3.38. The molecule has 31 heavy (non-hydrogen) atoms. The maximum Gasteiger partial charge on any atom is 0.262 e. The monoisotopic (exact) mass is 412 g/mol. The summed E-state index contributed by atoms with van der Waals surface area (Å²) in [5, 5.41) is 14.5. The molecule has 1 aliphatic carbocycles. The molecule has 5 nitrogen and oxygen atoms in total. The molecule has 156 valence electrons. The molecule has 1 aliphatic rings. The molecular weight excluding hydrogens is 388 g/mol. The van der Waals surface area contributed by atoms with E-state index in [1.165, 1.54) is 5.39 Å². The summed E-state index contributed by atoms with van der Waals surface area (Å²) >= 11 is 0. The summed E-state index contributed by atoms with van der Waals surface area (Å²) in [6.07, 6.45) is 3.53. The normalized spacial score (nSPS) is 13.5. The van der Waals surface area contributed by atoms with E-state index in [9.17, 15) is 10.1 Å². The van der Waals surface area contributed by atoms with Gasteiger partial charge in [0.1, 0.15) is 18.2 Å². The standard InChI is InChI=1S/C26H24N2O3/c1-2-30-25-15-18(14-21(16-27)26(29)28-22-11-12-22)10-13-24(25)31-17-20-8-5-7-19-6-3-4-9-23(19)20/h3-10,13-15,22H,2,11-12,17H2,1H3,(H,28,29)/b21-14+. The lowest BCUT2D eigenvalue weighted by Gasteiger charge is -2.14. The molecular formula is C26H24N2O3. The third-order valence-electron chi connectivity index (χ3n) is 5.12. The highest BCUT2D eigenvalue weighted by molar-refractivity contribution is 6.02. The van der Waals surface area contributed by atoms with Crippen molar-refractivity contribution in [2.45, 2.75) is 32.4 Å². The zero-order chi connectivity index (χ0) is 21.6. The lowest BCUT2D eigenvalue weighted by molar-refractivity contribution is -0.117. The number of amides is 1. The predicted octanol–water partition coefficient (Wildman–Crippen LogP) is 5.00. The van der Waals surface area contributed by atoms with E-state index >= 15 is 0 Å². The molecule has 4 rings (SSSR count). The zero-order valence-corrected chi connectivity index (χ0v) is 17.4. The number of fused-ring (bicyclic) bond motifs is 1. The number of nitrogens with one attached hydrogen (secondary N) is 1. The van der Waals surface area contributed by atoms with Crippen molar-refractivity contribution in [1.29, 1.82) is 5.26 Å². The largest absolute Gasteiger partial charge is 0.490 e. The van der Waals surface area contributed by atoms with E-state index in [4.69, 9.17) is 9.47 Å². The zero-order valence-electron chi connectivity index (χ0n) is 17.4. The average Bonchev–Trinajstić information content (AvgIpc) is 3.61. The second-order valence-electron chi connectivity index (χ2n) is 7.48. The van der Waals surface area contributed by atoms with Crippen LogP contribution in [0, 0.1) is 11.3 Å². The first-order valence-electron chi connectivity index (χ1n) is 10.5. The minimum absolute atomic E-state index is 0.0822. The lowest BCUT2D eigenvalue weighted by atomic mass is 10.1. The Morgan fingerprint density at radius 3 is 2.68 bits per heavy atom. The molecule has 3 aromatic rings. The third-order valence-corrected chi connectivity index (χ3v) is 5.12. The van der Waals surface area contributed by atoms with Gasteiger partial charge in [0.15, 0.2) is 11.5 Å². The van der Waals surface area contributed by atoms with Crippen molar-refractivity contribution in [1.82, 2.24) is 5.32 Å². The van der Waals surface area contributed by atoms with Gasteiger partial charge in [-0.2, -0.15) is 5.26 Å². The van der Waals surface area contributed by atoms with Crippen LogP contribution in [0.2, 0.25) is 0 Å². The van der Waals surface area contributed by atoms with Crippen molar-refractivity contribution >= 4 is 22.8 Å². The van der Waals surface area contributed by atoms with Gasteiger partial charge < -0.3 is 14.8 Å². The van der Waals surface area contributed by atoms with Gasteiger partial charge in [0.05, 0.1) is 6.61 Å². The van der Waals surface area contributed by atoms with Crippen LogP contribution >= 0.6 is 0 Å². The SMILES string of the molecule is CCOc1cc(/C=C(\C#N)C(=O)NC2CC2)ccc1OCc1cccc2ccccc12. The van der Waals surface area contributed by atoms with E-state index in [1.54, 1.807) is 12.1 Å². The Bertz CT molecular complexity index is 1170. The Kier molecular flexibility index (Phi) is 6.18. The molecule has 0 bridgehead atoms. The first kappa shape index (κ1) is 20.5. The fourth-order valence-electron chi connectivity index (χ4n) is 3.38. The number of hydrogen-bond acceptors (Lipinski definition) is 4. The van der Waals surface area contributed by atoms with Crippen molar-refractivity contribution in [2.75, 3.05) is 6.61 Å². The van der Waals surface area contributed by atoms with Crippen molar-refractivity contribution in [3.8, 4) is 17.6 Å². The summed E-state index contributed by atoms with van der Waals surface area (Å²) in [5.74, 6) is 0.864. The highest BCUT2D eigenvalue weighted by Gasteiger charge is 2.24. The molecule has 0 aliphatic heterocycles. The van der Waals surface area contributed by atoms with Crippen molar-refractivity contribution in [3.05, 3.63) is 77.4 Å². The summed E-state index contributed by atoms with van der Waals surface area (Å²) in [6, 6.07) is 22.0. The number of nitriles is 1. The van der Waals surface area contributed by atoms with Gasteiger partial charge in [0, 0.05) is 6.04 Å². The fraction of sp³-hybridized carbons (Fsp3) is 0.231. The van der Waals surface area contributed by atoms with E-state index in [0.29, 0.717) is 30.3 Å². The van der Waals surface area contributed by atoms with Crippen molar-refractivity contribution in [3.63, 3.8) is 0 Å². The summed E-state index contributed by atoms with van der Waals surface area (Å²) < 4.78 is 11.9. The summed E-state index contributed by atoms with van der Waals surface area (Å²) in [7, 11) is 0. The Balaban J connectivity index is 1.55. The van der Waals surface area contributed by atoms with Gasteiger partial charge in [-0.1, -0.05) is 48.5 Å². The summed E-state index contributed by atoms with van der Waals surface area (Å²) in [4.78, 5) is 12.2. The predicted molar refractivity (Wildman–Crippen MR) is 121 cm³/mol. The van der Waals surface area contributed by atoms with Crippen molar-refractivity contribution in [2.24, 2.45) is 0 Å². The van der Waals surface area contributed by atoms with Gasteiger partial charge in [-0.05, 0) is 59.9 Å². The number of ether oxygens (including phenoxy) is 2. The molecule has 1 fully saturated rings. The highest BCUT2D eigenvalue weighted by Crippen LogP contribution is 2.31. The number of rotatable bonds is 8. The van der Waals surface area contributed by atoms with E-state index in [0.717, 1.165) is 23.8 Å². The molecule has 0 aromatic heterocycles. The van der Waals surface area contributed by atoms with Gasteiger partial charge in [0.2, 0.25) is 0 Å². The average molecular weight is 412 g/mol. The van der Waals surface area contributed by atoms with Gasteiger partial charge in [-0.25, -0.2) is 0 Å². The molecule has 1 amide bonds. The minimum atomic E-state index is -0.334. The Morgan fingerprint density at radius 2 is 1.90 bits per heavy atom. The number of carbonyl (C=O) groups is 1. The van der Waals surface area contributed by atoms with Crippen LogP contribution in [0.4, 0.5) is 0 Å². The molecule has 0 atom stereocenters. The summed E-state index contributed by atoms with van der Waals surface area (Å²) in [5.41, 5.74) is 1.88.